The highest BCUT2D eigenvalue weighted by molar-refractivity contribution is 5.69. The zero-order valence-electron chi connectivity index (χ0n) is 15.1. The largest absolute Gasteiger partial charge is 0.450 e. The summed E-state index contributed by atoms with van der Waals surface area (Å²) in [6, 6.07) is 6.65. The zero-order valence-corrected chi connectivity index (χ0v) is 15.1. The van der Waals surface area contributed by atoms with E-state index in [1.165, 1.54) is 16.8 Å². The van der Waals surface area contributed by atoms with Gasteiger partial charge in [0, 0.05) is 31.9 Å². The number of benzene rings is 1. The van der Waals surface area contributed by atoms with Crippen molar-refractivity contribution in [1.82, 2.24) is 4.90 Å². The van der Waals surface area contributed by atoms with Crippen molar-refractivity contribution in [3.8, 4) is 0 Å². The Bertz CT molecular complexity index is 506. The predicted molar refractivity (Wildman–Crippen MR) is 95.4 cm³/mol. The number of nitrogens with zero attached hydrogens (tertiary/aromatic N) is 2. The Hall–Kier alpha value is -1.71. The van der Waals surface area contributed by atoms with Gasteiger partial charge in [0.1, 0.15) is 0 Å². The van der Waals surface area contributed by atoms with E-state index >= 15 is 0 Å². The Morgan fingerprint density at radius 1 is 1.04 bits per heavy atom. The molecule has 128 valence electrons. The minimum Gasteiger partial charge on any atom is -0.450 e. The summed E-state index contributed by atoms with van der Waals surface area (Å²) in [6.07, 6.45) is -0.187. The van der Waals surface area contributed by atoms with Crippen LogP contribution in [-0.4, -0.2) is 43.8 Å². The molecule has 1 aromatic carbocycles. The lowest BCUT2D eigenvalue weighted by Gasteiger charge is -2.38. The van der Waals surface area contributed by atoms with Crippen LogP contribution in [0.15, 0.2) is 18.2 Å². The Balaban J connectivity index is 2.21. The lowest BCUT2D eigenvalue weighted by molar-refractivity contribution is 0.105. The van der Waals surface area contributed by atoms with Crippen molar-refractivity contribution in [1.29, 1.82) is 0 Å². The van der Waals surface area contributed by atoms with Gasteiger partial charge in [-0.05, 0) is 29.9 Å². The second kappa shape index (κ2) is 7.71. The van der Waals surface area contributed by atoms with Crippen LogP contribution >= 0.6 is 0 Å². The Kier molecular flexibility index (Phi) is 5.91. The molecule has 23 heavy (non-hydrogen) atoms. The minimum atomic E-state index is -0.187. The van der Waals surface area contributed by atoms with Crippen LogP contribution in [0.3, 0.4) is 0 Å². The number of amides is 1. The molecule has 1 heterocycles. The number of para-hydroxylation sites is 1. The average molecular weight is 318 g/mol. The van der Waals surface area contributed by atoms with Crippen LogP contribution in [-0.2, 0) is 4.74 Å². The summed E-state index contributed by atoms with van der Waals surface area (Å²) in [5.74, 6) is 0.985. The van der Waals surface area contributed by atoms with Gasteiger partial charge in [-0.15, -0.1) is 0 Å². The Morgan fingerprint density at radius 3 is 2.00 bits per heavy atom. The summed E-state index contributed by atoms with van der Waals surface area (Å²) in [6.45, 7) is 14.5. The quantitative estimate of drug-likeness (QED) is 0.833. The molecule has 0 unspecified atom stereocenters. The van der Waals surface area contributed by atoms with E-state index in [2.05, 4.69) is 50.8 Å². The summed E-state index contributed by atoms with van der Waals surface area (Å²) < 4.78 is 5.11. The third kappa shape index (κ3) is 3.98. The minimum absolute atomic E-state index is 0.187. The number of carbonyl (C=O) groups is 1. The summed E-state index contributed by atoms with van der Waals surface area (Å²) in [5.41, 5.74) is 4.18. The third-order valence-corrected chi connectivity index (χ3v) is 4.46. The van der Waals surface area contributed by atoms with Gasteiger partial charge in [0.15, 0.2) is 0 Å². The maximum atomic E-state index is 11.9. The molecule has 0 N–H and O–H groups in total. The molecule has 1 saturated heterocycles. The van der Waals surface area contributed by atoms with Gasteiger partial charge in [0.05, 0.1) is 6.61 Å². The third-order valence-electron chi connectivity index (χ3n) is 4.46. The van der Waals surface area contributed by atoms with Crippen molar-refractivity contribution in [2.24, 2.45) is 0 Å². The first-order chi connectivity index (χ1) is 11.0. The van der Waals surface area contributed by atoms with E-state index < -0.39 is 0 Å². The molecule has 0 aromatic heterocycles. The number of rotatable bonds is 4. The highest BCUT2D eigenvalue weighted by Gasteiger charge is 2.25. The predicted octanol–water partition coefficient (Wildman–Crippen LogP) is 4.21. The van der Waals surface area contributed by atoms with Gasteiger partial charge in [0.25, 0.3) is 0 Å². The van der Waals surface area contributed by atoms with Crippen LogP contribution in [0.5, 0.6) is 0 Å². The molecule has 0 radical (unpaired) electrons. The molecule has 0 aliphatic carbocycles. The van der Waals surface area contributed by atoms with Gasteiger partial charge < -0.3 is 14.5 Å². The molecule has 2 rings (SSSR count). The first-order valence-electron chi connectivity index (χ1n) is 8.75. The molecule has 1 aromatic rings. The van der Waals surface area contributed by atoms with Crippen LogP contribution in [0, 0.1) is 0 Å². The van der Waals surface area contributed by atoms with E-state index in [1.54, 1.807) is 0 Å². The summed E-state index contributed by atoms with van der Waals surface area (Å²) in [4.78, 5) is 16.1. The standard InChI is InChI=1S/C19H30N2O2/c1-6-23-19(22)21-12-10-20(11-13-21)18-16(14(2)3)8-7-9-17(18)15(4)5/h7-9,14-15H,6,10-13H2,1-5H3. The fourth-order valence-corrected chi connectivity index (χ4v) is 3.20. The van der Waals surface area contributed by atoms with Crippen molar-refractivity contribution in [3.05, 3.63) is 29.3 Å². The molecule has 0 saturated carbocycles. The van der Waals surface area contributed by atoms with Crippen LogP contribution in [0.25, 0.3) is 0 Å². The number of hydrogen-bond donors (Lipinski definition) is 0. The molecule has 1 fully saturated rings. The number of hydrogen-bond acceptors (Lipinski definition) is 3. The van der Waals surface area contributed by atoms with E-state index in [0.29, 0.717) is 18.4 Å². The number of ether oxygens (including phenoxy) is 1. The Morgan fingerprint density at radius 2 is 1.57 bits per heavy atom. The maximum Gasteiger partial charge on any atom is 0.409 e. The molecular weight excluding hydrogens is 288 g/mol. The molecule has 1 aliphatic heterocycles. The normalized spacial score (nSPS) is 15.4. The zero-order chi connectivity index (χ0) is 17.0. The van der Waals surface area contributed by atoms with Gasteiger partial charge >= 0.3 is 6.09 Å². The highest BCUT2D eigenvalue weighted by Crippen LogP contribution is 2.35. The number of carbonyl (C=O) groups excluding carboxylic acids is 1. The van der Waals surface area contributed by atoms with Crippen LogP contribution in [0.2, 0.25) is 0 Å². The van der Waals surface area contributed by atoms with Gasteiger partial charge in [-0.1, -0.05) is 45.9 Å². The first kappa shape index (κ1) is 17.6. The molecule has 4 nitrogen and oxygen atoms in total. The van der Waals surface area contributed by atoms with Gasteiger partial charge in [-0.25, -0.2) is 4.79 Å². The van der Waals surface area contributed by atoms with Crippen molar-refractivity contribution in [2.45, 2.75) is 46.5 Å². The smallest absolute Gasteiger partial charge is 0.409 e. The number of anilines is 1. The second-order valence-corrected chi connectivity index (χ2v) is 6.77. The SMILES string of the molecule is CCOC(=O)N1CCN(c2c(C(C)C)cccc2C(C)C)CC1. The van der Waals surface area contributed by atoms with Gasteiger partial charge in [-0.2, -0.15) is 0 Å². The topological polar surface area (TPSA) is 32.8 Å². The van der Waals surface area contributed by atoms with E-state index in [-0.39, 0.29) is 6.09 Å². The number of piperazine rings is 1. The summed E-state index contributed by atoms with van der Waals surface area (Å²) >= 11 is 0. The van der Waals surface area contributed by atoms with Crippen LogP contribution in [0.4, 0.5) is 10.5 Å². The van der Waals surface area contributed by atoms with E-state index in [1.807, 2.05) is 11.8 Å². The fraction of sp³-hybridized carbons (Fsp3) is 0.632. The molecule has 4 heteroatoms. The van der Waals surface area contributed by atoms with Crippen molar-refractivity contribution >= 4 is 11.8 Å². The fourth-order valence-electron chi connectivity index (χ4n) is 3.20. The first-order valence-corrected chi connectivity index (χ1v) is 8.75. The Labute approximate surface area is 140 Å². The monoisotopic (exact) mass is 318 g/mol. The lowest BCUT2D eigenvalue weighted by Crippen LogP contribution is -2.49. The maximum absolute atomic E-state index is 11.9. The molecule has 1 aliphatic rings. The lowest BCUT2D eigenvalue weighted by atomic mass is 9.91. The summed E-state index contributed by atoms with van der Waals surface area (Å²) in [7, 11) is 0. The van der Waals surface area contributed by atoms with Crippen molar-refractivity contribution in [2.75, 3.05) is 37.7 Å². The van der Waals surface area contributed by atoms with Crippen molar-refractivity contribution in [3.63, 3.8) is 0 Å². The average Bonchev–Trinajstić information content (AvgIpc) is 2.54. The van der Waals surface area contributed by atoms with Crippen LogP contribution < -0.4 is 4.90 Å². The molecule has 1 amide bonds. The van der Waals surface area contributed by atoms with E-state index in [0.717, 1.165) is 26.2 Å². The van der Waals surface area contributed by atoms with Crippen LogP contribution in [0.1, 0.15) is 57.6 Å². The molecule has 0 atom stereocenters. The van der Waals surface area contributed by atoms with E-state index in [4.69, 9.17) is 4.74 Å². The molecule has 0 bridgehead atoms. The summed E-state index contributed by atoms with van der Waals surface area (Å²) in [5, 5.41) is 0. The molecular formula is C19H30N2O2. The van der Waals surface area contributed by atoms with Crippen molar-refractivity contribution < 1.29 is 9.53 Å². The van der Waals surface area contributed by atoms with E-state index in [9.17, 15) is 4.79 Å². The van der Waals surface area contributed by atoms with Gasteiger partial charge in [-0.3, -0.25) is 0 Å². The van der Waals surface area contributed by atoms with Gasteiger partial charge in [0.2, 0.25) is 0 Å². The highest BCUT2D eigenvalue weighted by atomic mass is 16.6. The second-order valence-electron chi connectivity index (χ2n) is 6.77. The molecule has 0 spiro atoms.